The summed E-state index contributed by atoms with van der Waals surface area (Å²) in [6.45, 7) is 2.87. The number of carbonyl (C=O) groups excluding carboxylic acids is 1. The molecule has 3 heterocycles. The molecule has 1 N–H and O–H groups in total. The molecule has 0 saturated heterocycles. The molecule has 1 unspecified atom stereocenters. The first-order valence-electron chi connectivity index (χ1n) is 7.39. The maximum absolute atomic E-state index is 12.2. The molecule has 1 atom stereocenters. The summed E-state index contributed by atoms with van der Waals surface area (Å²) in [7, 11) is 0. The van der Waals surface area contributed by atoms with Gasteiger partial charge in [-0.2, -0.15) is 0 Å². The average molecular weight is 285 g/mol. The number of aromatic nitrogens is 4. The molecule has 0 aliphatic carbocycles. The van der Waals surface area contributed by atoms with Gasteiger partial charge < -0.3 is 9.88 Å². The number of fused-ring (bicyclic) bond motifs is 1. The lowest BCUT2D eigenvalue weighted by Crippen LogP contribution is -2.29. The Labute approximate surface area is 123 Å². The van der Waals surface area contributed by atoms with Crippen molar-refractivity contribution in [2.24, 2.45) is 0 Å². The van der Waals surface area contributed by atoms with E-state index in [-0.39, 0.29) is 11.9 Å². The van der Waals surface area contributed by atoms with Crippen LogP contribution in [0.5, 0.6) is 0 Å². The van der Waals surface area contributed by atoms with Crippen molar-refractivity contribution < 1.29 is 4.79 Å². The van der Waals surface area contributed by atoms with Crippen molar-refractivity contribution in [1.82, 2.24) is 25.1 Å². The third-order valence-electron chi connectivity index (χ3n) is 3.77. The molecule has 0 aromatic carbocycles. The number of nitrogens with zero attached hydrogens (tertiary/aromatic N) is 4. The molecule has 1 aliphatic heterocycles. The molecule has 6 nitrogen and oxygen atoms in total. The van der Waals surface area contributed by atoms with Crippen LogP contribution >= 0.6 is 0 Å². The van der Waals surface area contributed by atoms with Gasteiger partial charge in [-0.3, -0.25) is 9.78 Å². The third-order valence-corrected chi connectivity index (χ3v) is 3.77. The molecule has 2 aromatic rings. The number of rotatable bonds is 3. The monoisotopic (exact) mass is 285 g/mol. The van der Waals surface area contributed by atoms with Gasteiger partial charge in [0.2, 0.25) is 0 Å². The first-order chi connectivity index (χ1) is 10.3. The Morgan fingerprint density at radius 1 is 1.29 bits per heavy atom. The summed E-state index contributed by atoms with van der Waals surface area (Å²) in [6, 6.07) is 5.11. The second kappa shape index (κ2) is 6.03. The Kier molecular flexibility index (Phi) is 3.94. The van der Waals surface area contributed by atoms with Crippen LogP contribution in [0.25, 0.3) is 0 Å². The van der Waals surface area contributed by atoms with Crippen LogP contribution in [0.3, 0.4) is 0 Å². The van der Waals surface area contributed by atoms with Crippen LogP contribution in [0.2, 0.25) is 0 Å². The zero-order chi connectivity index (χ0) is 14.7. The van der Waals surface area contributed by atoms with E-state index in [0.29, 0.717) is 5.69 Å². The van der Waals surface area contributed by atoms with Gasteiger partial charge in [-0.1, -0.05) is 12.5 Å². The van der Waals surface area contributed by atoms with Gasteiger partial charge in [0.1, 0.15) is 11.5 Å². The second-order valence-electron chi connectivity index (χ2n) is 5.35. The Bertz CT molecular complexity index is 622. The van der Waals surface area contributed by atoms with Crippen molar-refractivity contribution in [3.63, 3.8) is 0 Å². The largest absolute Gasteiger partial charge is 0.341 e. The maximum atomic E-state index is 12.2. The molecule has 0 saturated carbocycles. The Morgan fingerprint density at radius 3 is 3.00 bits per heavy atom. The summed E-state index contributed by atoms with van der Waals surface area (Å²) in [6.07, 6.45) is 6.10. The predicted octanol–water partition coefficient (Wildman–Crippen LogP) is 1.89. The van der Waals surface area contributed by atoms with Crippen molar-refractivity contribution in [2.75, 3.05) is 0 Å². The lowest BCUT2D eigenvalue weighted by molar-refractivity contribution is 0.0932. The molecule has 0 spiro atoms. The molecule has 1 amide bonds. The molecule has 0 bridgehead atoms. The van der Waals surface area contributed by atoms with Crippen LogP contribution in [0.4, 0.5) is 0 Å². The Balaban J connectivity index is 1.75. The van der Waals surface area contributed by atoms with Gasteiger partial charge in [-0.05, 0) is 31.9 Å². The van der Waals surface area contributed by atoms with Crippen LogP contribution in [0.1, 0.15) is 54.4 Å². The topological polar surface area (TPSA) is 72.7 Å². The van der Waals surface area contributed by atoms with Crippen molar-refractivity contribution in [3.05, 3.63) is 41.7 Å². The summed E-state index contributed by atoms with van der Waals surface area (Å²) < 4.78 is 2.15. The molecule has 6 heteroatoms. The van der Waals surface area contributed by atoms with E-state index in [1.165, 1.54) is 6.42 Å². The van der Waals surface area contributed by atoms with Crippen LogP contribution in [0.15, 0.2) is 24.4 Å². The van der Waals surface area contributed by atoms with Gasteiger partial charge in [0.25, 0.3) is 5.91 Å². The van der Waals surface area contributed by atoms with E-state index in [0.717, 1.165) is 37.5 Å². The van der Waals surface area contributed by atoms with Crippen molar-refractivity contribution in [1.29, 1.82) is 0 Å². The average Bonchev–Trinajstić information content (AvgIpc) is 2.77. The highest BCUT2D eigenvalue weighted by molar-refractivity contribution is 5.92. The summed E-state index contributed by atoms with van der Waals surface area (Å²) in [5, 5.41) is 11.5. The molecule has 3 rings (SSSR count). The SMILES string of the molecule is CC(NC(=O)c1ccccn1)c1nnc2n1CCCCC2. The van der Waals surface area contributed by atoms with E-state index in [1.54, 1.807) is 24.4 Å². The Hall–Kier alpha value is -2.24. The third kappa shape index (κ3) is 2.94. The molecule has 0 radical (unpaired) electrons. The number of pyridine rings is 1. The van der Waals surface area contributed by atoms with Crippen molar-refractivity contribution in [3.8, 4) is 0 Å². The Morgan fingerprint density at radius 2 is 2.19 bits per heavy atom. The summed E-state index contributed by atoms with van der Waals surface area (Å²) >= 11 is 0. The highest BCUT2D eigenvalue weighted by Crippen LogP contribution is 2.18. The minimum Gasteiger partial charge on any atom is -0.341 e. The van der Waals surface area contributed by atoms with Crippen LogP contribution in [-0.4, -0.2) is 25.7 Å². The van der Waals surface area contributed by atoms with Crippen LogP contribution in [-0.2, 0) is 13.0 Å². The predicted molar refractivity (Wildman–Crippen MR) is 77.7 cm³/mol. The zero-order valence-corrected chi connectivity index (χ0v) is 12.1. The van der Waals surface area contributed by atoms with Crippen molar-refractivity contribution >= 4 is 5.91 Å². The van der Waals surface area contributed by atoms with Gasteiger partial charge in [-0.15, -0.1) is 10.2 Å². The van der Waals surface area contributed by atoms with E-state index in [9.17, 15) is 4.79 Å². The number of aryl methyl sites for hydroxylation is 1. The fraction of sp³-hybridized carbons (Fsp3) is 0.467. The molecule has 21 heavy (non-hydrogen) atoms. The number of carbonyl (C=O) groups is 1. The summed E-state index contributed by atoms with van der Waals surface area (Å²) in [4.78, 5) is 16.2. The second-order valence-corrected chi connectivity index (χ2v) is 5.35. The number of hydrogen-bond donors (Lipinski definition) is 1. The number of nitrogens with one attached hydrogen (secondary N) is 1. The van der Waals surface area contributed by atoms with E-state index in [2.05, 4.69) is 25.1 Å². The fourth-order valence-electron chi connectivity index (χ4n) is 2.66. The van der Waals surface area contributed by atoms with Gasteiger partial charge in [0.05, 0.1) is 6.04 Å². The highest BCUT2D eigenvalue weighted by Gasteiger charge is 2.21. The lowest BCUT2D eigenvalue weighted by Gasteiger charge is -2.15. The molecular formula is C15H19N5O. The van der Waals surface area contributed by atoms with E-state index in [1.807, 2.05) is 6.92 Å². The van der Waals surface area contributed by atoms with E-state index in [4.69, 9.17) is 0 Å². The molecule has 110 valence electrons. The van der Waals surface area contributed by atoms with Gasteiger partial charge in [-0.25, -0.2) is 0 Å². The van der Waals surface area contributed by atoms with Crippen LogP contribution in [0, 0.1) is 0 Å². The van der Waals surface area contributed by atoms with Gasteiger partial charge in [0.15, 0.2) is 5.82 Å². The molecule has 1 aliphatic rings. The van der Waals surface area contributed by atoms with Gasteiger partial charge in [0, 0.05) is 19.2 Å². The maximum Gasteiger partial charge on any atom is 0.270 e. The zero-order valence-electron chi connectivity index (χ0n) is 12.1. The molecule has 0 fully saturated rings. The molecular weight excluding hydrogens is 266 g/mol. The highest BCUT2D eigenvalue weighted by atomic mass is 16.1. The first kappa shape index (κ1) is 13.7. The quantitative estimate of drug-likeness (QED) is 0.934. The standard InChI is InChI=1S/C15H19N5O/c1-11(17-15(21)12-7-4-5-9-16-12)14-19-18-13-8-3-2-6-10-20(13)14/h4-5,7,9,11H,2-3,6,8,10H2,1H3,(H,17,21). The summed E-state index contributed by atoms with van der Waals surface area (Å²) in [5.74, 6) is 1.67. The fourth-order valence-corrected chi connectivity index (χ4v) is 2.66. The molecule has 2 aromatic heterocycles. The van der Waals surface area contributed by atoms with Gasteiger partial charge >= 0.3 is 0 Å². The normalized spacial score (nSPS) is 15.9. The van der Waals surface area contributed by atoms with Crippen LogP contribution < -0.4 is 5.32 Å². The van der Waals surface area contributed by atoms with E-state index >= 15 is 0 Å². The number of amides is 1. The minimum absolute atomic E-state index is 0.182. The van der Waals surface area contributed by atoms with E-state index < -0.39 is 0 Å². The van der Waals surface area contributed by atoms with Crippen molar-refractivity contribution in [2.45, 2.75) is 45.2 Å². The lowest BCUT2D eigenvalue weighted by atomic mass is 10.2. The minimum atomic E-state index is -0.186. The first-order valence-corrected chi connectivity index (χ1v) is 7.39. The number of hydrogen-bond acceptors (Lipinski definition) is 4. The summed E-state index contributed by atoms with van der Waals surface area (Å²) in [5.41, 5.74) is 0.417. The smallest absolute Gasteiger partial charge is 0.270 e.